The minimum Gasteiger partial charge on any atom is -0.494 e. The van der Waals surface area contributed by atoms with E-state index in [1.54, 1.807) is 0 Å². The summed E-state index contributed by atoms with van der Waals surface area (Å²) >= 11 is 3.44. The average Bonchev–Trinajstić information content (AvgIpc) is 2.52. The van der Waals surface area contributed by atoms with Crippen LogP contribution in [0.5, 0.6) is 5.75 Å². The first-order chi connectivity index (χ1) is 11.0. The van der Waals surface area contributed by atoms with Gasteiger partial charge in [0.25, 0.3) is 0 Å². The van der Waals surface area contributed by atoms with Crippen LogP contribution in [-0.4, -0.2) is 19.2 Å². The molecule has 5 heteroatoms. The molecular formula is C18H21BrN2O2. The number of rotatable bonds is 6. The zero-order valence-corrected chi connectivity index (χ0v) is 14.9. The minimum absolute atomic E-state index is 0.206. The van der Waals surface area contributed by atoms with Crippen LogP contribution in [-0.2, 0) is 0 Å². The molecule has 0 unspecified atom stereocenters. The number of hydrogen-bond acceptors (Lipinski definition) is 2. The number of amides is 2. The van der Waals surface area contributed by atoms with Crippen LogP contribution in [0, 0.1) is 13.8 Å². The molecular weight excluding hydrogens is 356 g/mol. The molecule has 0 saturated carbocycles. The van der Waals surface area contributed by atoms with Gasteiger partial charge in [-0.05, 0) is 56.2 Å². The molecule has 0 saturated heterocycles. The predicted octanol–water partition coefficient (Wildman–Crippen LogP) is 4.66. The molecule has 2 amide bonds. The van der Waals surface area contributed by atoms with Gasteiger partial charge in [0.2, 0.25) is 0 Å². The number of carbonyl (C=O) groups is 1. The predicted molar refractivity (Wildman–Crippen MR) is 97.2 cm³/mol. The van der Waals surface area contributed by atoms with Crippen molar-refractivity contribution in [1.82, 2.24) is 5.32 Å². The second kappa shape index (κ2) is 8.58. The van der Waals surface area contributed by atoms with E-state index in [1.165, 1.54) is 5.56 Å². The van der Waals surface area contributed by atoms with Crippen molar-refractivity contribution in [3.8, 4) is 5.75 Å². The molecule has 122 valence electrons. The lowest BCUT2D eigenvalue weighted by atomic mass is 10.2. The molecule has 0 bridgehead atoms. The molecule has 0 spiro atoms. The number of benzene rings is 2. The molecule has 0 aromatic heterocycles. The van der Waals surface area contributed by atoms with Gasteiger partial charge < -0.3 is 15.4 Å². The summed E-state index contributed by atoms with van der Waals surface area (Å²) in [5, 5.41) is 5.63. The molecule has 0 aliphatic heterocycles. The fourth-order valence-corrected chi connectivity index (χ4v) is 2.24. The number of ether oxygens (including phenoxy) is 1. The second-order valence-corrected chi connectivity index (χ2v) is 6.21. The largest absolute Gasteiger partial charge is 0.494 e. The molecule has 2 aromatic carbocycles. The van der Waals surface area contributed by atoms with Gasteiger partial charge in [-0.2, -0.15) is 0 Å². The van der Waals surface area contributed by atoms with Gasteiger partial charge in [-0.25, -0.2) is 4.79 Å². The van der Waals surface area contributed by atoms with E-state index in [9.17, 15) is 4.79 Å². The highest BCUT2D eigenvalue weighted by molar-refractivity contribution is 9.10. The van der Waals surface area contributed by atoms with Gasteiger partial charge in [-0.3, -0.25) is 0 Å². The van der Waals surface area contributed by atoms with Crippen LogP contribution >= 0.6 is 15.9 Å². The number of aryl methyl sites for hydroxylation is 2. The van der Waals surface area contributed by atoms with Gasteiger partial charge in [-0.1, -0.05) is 33.6 Å². The van der Waals surface area contributed by atoms with E-state index in [2.05, 4.69) is 26.6 Å². The minimum atomic E-state index is -0.206. The molecule has 0 aliphatic rings. The highest BCUT2D eigenvalue weighted by atomic mass is 79.9. The second-order valence-electron chi connectivity index (χ2n) is 5.36. The summed E-state index contributed by atoms with van der Waals surface area (Å²) in [6, 6.07) is 13.4. The van der Waals surface area contributed by atoms with Crippen LogP contribution in [0.1, 0.15) is 17.5 Å². The Hall–Kier alpha value is -2.01. The first-order valence-corrected chi connectivity index (χ1v) is 8.34. The number of halogens is 1. The molecule has 2 aromatic rings. The van der Waals surface area contributed by atoms with Crippen molar-refractivity contribution in [3.05, 3.63) is 58.1 Å². The van der Waals surface area contributed by atoms with Crippen LogP contribution in [0.4, 0.5) is 10.5 Å². The molecule has 0 radical (unpaired) electrons. The quantitative estimate of drug-likeness (QED) is 0.720. The summed E-state index contributed by atoms with van der Waals surface area (Å²) in [7, 11) is 0. The van der Waals surface area contributed by atoms with Crippen molar-refractivity contribution in [2.24, 2.45) is 0 Å². The first-order valence-electron chi connectivity index (χ1n) is 7.55. The Morgan fingerprint density at radius 1 is 1.13 bits per heavy atom. The Kier molecular flexibility index (Phi) is 6.47. The highest BCUT2D eigenvalue weighted by Gasteiger charge is 2.02. The first kappa shape index (κ1) is 17.3. The maximum absolute atomic E-state index is 11.8. The maximum Gasteiger partial charge on any atom is 0.319 e. The number of anilines is 1. The highest BCUT2D eigenvalue weighted by Crippen LogP contribution is 2.19. The van der Waals surface area contributed by atoms with Crippen molar-refractivity contribution < 1.29 is 9.53 Å². The molecule has 0 aliphatic carbocycles. The van der Waals surface area contributed by atoms with Crippen molar-refractivity contribution in [2.45, 2.75) is 20.3 Å². The topological polar surface area (TPSA) is 50.4 Å². The van der Waals surface area contributed by atoms with Gasteiger partial charge in [0.1, 0.15) is 5.75 Å². The third-order valence-corrected chi connectivity index (χ3v) is 4.20. The standard InChI is InChI=1S/C18H21BrN2O2/c1-13-4-7-16(8-5-13)23-11-3-10-20-18(22)21-15-6-9-17(19)14(2)12-15/h4-9,12H,3,10-11H2,1-2H3,(H2,20,21,22). The van der Waals surface area contributed by atoms with Gasteiger partial charge in [0.15, 0.2) is 0 Å². The van der Waals surface area contributed by atoms with Gasteiger partial charge in [0, 0.05) is 16.7 Å². The molecule has 23 heavy (non-hydrogen) atoms. The van der Waals surface area contributed by atoms with Gasteiger partial charge >= 0.3 is 6.03 Å². The Bertz CT molecular complexity index is 657. The van der Waals surface area contributed by atoms with Crippen LogP contribution < -0.4 is 15.4 Å². The van der Waals surface area contributed by atoms with Crippen molar-refractivity contribution in [1.29, 1.82) is 0 Å². The lowest BCUT2D eigenvalue weighted by Gasteiger charge is -2.10. The van der Waals surface area contributed by atoms with Crippen LogP contribution in [0.2, 0.25) is 0 Å². The number of carbonyl (C=O) groups excluding carboxylic acids is 1. The molecule has 0 atom stereocenters. The SMILES string of the molecule is Cc1ccc(OCCCNC(=O)Nc2ccc(Br)c(C)c2)cc1. The monoisotopic (exact) mass is 376 g/mol. The molecule has 2 N–H and O–H groups in total. The van der Waals surface area contributed by atoms with Crippen LogP contribution in [0.15, 0.2) is 46.9 Å². The fraction of sp³-hybridized carbons (Fsp3) is 0.278. The summed E-state index contributed by atoms with van der Waals surface area (Å²) in [5.41, 5.74) is 3.06. The lowest BCUT2D eigenvalue weighted by Crippen LogP contribution is -2.30. The number of hydrogen-bond donors (Lipinski definition) is 2. The van der Waals surface area contributed by atoms with Crippen LogP contribution in [0.25, 0.3) is 0 Å². The normalized spacial score (nSPS) is 10.2. The summed E-state index contributed by atoms with van der Waals surface area (Å²) in [6.45, 7) is 5.16. The van der Waals surface area contributed by atoms with Gasteiger partial charge in [0.05, 0.1) is 6.61 Å². The van der Waals surface area contributed by atoms with E-state index in [0.29, 0.717) is 13.2 Å². The number of urea groups is 1. The number of nitrogens with one attached hydrogen (secondary N) is 2. The molecule has 0 heterocycles. The third kappa shape index (κ3) is 5.94. The van der Waals surface area contributed by atoms with E-state index in [-0.39, 0.29) is 6.03 Å². The average molecular weight is 377 g/mol. The molecule has 4 nitrogen and oxygen atoms in total. The van der Waals surface area contributed by atoms with Crippen molar-refractivity contribution in [3.63, 3.8) is 0 Å². The Morgan fingerprint density at radius 2 is 1.87 bits per heavy atom. The van der Waals surface area contributed by atoms with E-state index in [4.69, 9.17) is 4.74 Å². The van der Waals surface area contributed by atoms with Crippen molar-refractivity contribution >= 4 is 27.6 Å². The van der Waals surface area contributed by atoms with Crippen molar-refractivity contribution in [2.75, 3.05) is 18.5 Å². The smallest absolute Gasteiger partial charge is 0.319 e. The van der Waals surface area contributed by atoms with Gasteiger partial charge in [-0.15, -0.1) is 0 Å². The fourth-order valence-electron chi connectivity index (χ4n) is 2.00. The summed E-state index contributed by atoms with van der Waals surface area (Å²) in [5.74, 6) is 0.852. The van der Waals surface area contributed by atoms with E-state index in [0.717, 1.165) is 27.9 Å². The zero-order chi connectivity index (χ0) is 16.7. The summed E-state index contributed by atoms with van der Waals surface area (Å²) in [6.07, 6.45) is 0.751. The molecule has 2 rings (SSSR count). The maximum atomic E-state index is 11.8. The van der Waals surface area contributed by atoms with E-state index in [1.807, 2.05) is 56.3 Å². The zero-order valence-electron chi connectivity index (χ0n) is 13.4. The van der Waals surface area contributed by atoms with Crippen LogP contribution in [0.3, 0.4) is 0 Å². The Morgan fingerprint density at radius 3 is 2.57 bits per heavy atom. The summed E-state index contributed by atoms with van der Waals surface area (Å²) < 4.78 is 6.64. The Balaban J connectivity index is 1.64. The Labute approximate surface area is 145 Å². The molecule has 0 fully saturated rings. The van der Waals surface area contributed by atoms with E-state index >= 15 is 0 Å². The third-order valence-electron chi connectivity index (χ3n) is 3.31. The lowest BCUT2D eigenvalue weighted by molar-refractivity contribution is 0.250. The van der Waals surface area contributed by atoms with E-state index < -0.39 is 0 Å². The summed E-state index contributed by atoms with van der Waals surface area (Å²) in [4.78, 5) is 11.8.